The van der Waals surface area contributed by atoms with Crippen LogP contribution in [0.2, 0.25) is 0 Å². The van der Waals surface area contributed by atoms with Crippen molar-refractivity contribution in [2.75, 3.05) is 20.8 Å². The van der Waals surface area contributed by atoms with Crippen molar-refractivity contribution < 1.29 is 71.9 Å². The Morgan fingerprint density at radius 1 is 0.897 bits per heavy atom. The number of carbonyl (C=O) groups excluding carboxylic acids is 2. The monoisotopic (exact) mass is 957 g/mol. The van der Waals surface area contributed by atoms with E-state index in [0.717, 1.165) is 12.0 Å². The second-order valence-corrected chi connectivity index (χ2v) is 21.6. The van der Waals surface area contributed by atoms with Gasteiger partial charge in [0, 0.05) is 51.7 Å². The van der Waals surface area contributed by atoms with Gasteiger partial charge in [-0.3, -0.25) is 9.59 Å². The number of allylic oxidation sites excluding steroid dienone is 2. The number of ether oxygens (including phenoxy) is 11. The first-order chi connectivity index (χ1) is 32.1. The van der Waals surface area contributed by atoms with Crippen LogP contribution in [-0.2, 0) is 61.7 Å². The molecule has 382 valence electrons. The van der Waals surface area contributed by atoms with Crippen LogP contribution >= 0.6 is 0 Å². The number of fused-ring (bicyclic) bond motifs is 2. The Bertz CT molecular complexity index is 1940. The SMILES string of the molecule is CC[C@H](C)[C@H]1O[C@]2(C=C[C@@H]1C)C[C@@H]1C[C@@H](C/C=C(\C)[C@@H](O[C@H]3C[C@@H](OC)[C@@H](O[C@H]4C[C@@H](OC)[C@@H](OC(=O)C(C)(C)C)[C@H](C)O4)[C@H](C)O3)[C@@H](C)/C=C/C=C3\CO[C@@H]4[C@H](O)C(C)=C[C@@H](C(=O)O1)[C@]34O)O2. The third-order valence-electron chi connectivity index (χ3n) is 15.3. The second-order valence-electron chi connectivity index (χ2n) is 21.6. The topological polar surface area (TPSA) is 176 Å². The van der Waals surface area contributed by atoms with Gasteiger partial charge in [0.1, 0.15) is 42.0 Å². The summed E-state index contributed by atoms with van der Waals surface area (Å²) in [4.78, 5) is 27.2. The lowest BCUT2D eigenvalue weighted by molar-refractivity contribution is -0.319. The maximum atomic E-state index is 14.4. The molecule has 0 saturated carbocycles. The van der Waals surface area contributed by atoms with E-state index in [1.54, 1.807) is 33.3 Å². The fourth-order valence-corrected chi connectivity index (χ4v) is 11.0. The van der Waals surface area contributed by atoms with Crippen LogP contribution in [0.3, 0.4) is 0 Å². The molecule has 1 aliphatic carbocycles. The number of aliphatic hydroxyl groups is 2. The zero-order chi connectivity index (χ0) is 49.5. The number of hydrogen-bond acceptors (Lipinski definition) is 15. The smallest absolute Gasteiger partial charge is 0.316 e. The maximum Gasteiger partial charge on any atom is 0.316 e. The molecule has 20 atom stereocenters. The van der Waals surface area contributed by atoms with Crippen LogP contribution in [0, 0.1) is 29.1 Å². The van der Waals surface area contributed by atoms with Gasteiger partial charge in [-0.05, 0) is 83.6 Å². The molecule has 4 saturated heterocycles. The Hall–Kier alpha value is -2.80. The number of methoxy groups -OCH3 is 2. The van der Waals surface area contributed by atoms with Crippen molar-refractivity contribution in [3.05, 3.63) is 59.3 Å². The van der Waals surface area contributed by atoms with Gasteiger partial charge in [0.2, 0.25) is 0 Å². The number of rotatable bonds is 9. The summed E-state index contributed by atoms with van der Waals surface area (Å²) in [6.45, 7) is 21.6. The Labute approximate surface area is 403 Å². The quantitative estimate of drug-likeness (QED) is 0.179. The van der Waals surface area contributed by atoms with Gasteiger partial charge >= 0.3 is 11.9 Å². The summed E-state index contributed by atoms with van der Waals surface area (Å²) in [6, 6.07) is 0. The lowest BCUT2D eigenvalue weighted by atomic mass is 9.71. The van der Waals surface area contributed by atoms with Gasteiger partial charge in [-0.2, -0.15) is 0 Å². The third-order valence-corrected chi connectivity index (χ3v) is 15.3. The molecule has 0 aromatic carbocycles. The first-order valence-electron chi connectivity index (χ1n) is 25.0. The Balaban J connectivity index is 1.14. The molecule has 0 aromatic rings. The second kappa shape index (κ2) is 21.5. The van der Waals surface area contributed by atoms with Crippen molar-refractivity contribution in [3.8, 4) is 0 Å². The van der Waals surface area contributed by atoms with Crippen molar-refractivity contribution in [1.82, 2.24) is 0 Å². The molecule has 4 fully saturated rings. The van der Waals surface area contributed by atoms with E-state index in [4.69, 9.17) is 52.1 Å². The molecule has 0 amide bonds. The van der Waals surface area contributed by atoms with E-state index >= 15 is 0 Å². The molecule has 6 aliphatic heterocycles. The van der Waals surface area contributed by atoms with E-state index in [1.807, 2.05) is 59.8 Å². The lowest BCUT2D eigenvalue weighted by Crippen LogP contribution is -2.58. The van der Waals surface area contributed by atoms with E-state index < -0.39 is 108 Å². The average molecular weight is 957 g/mol. The van der Waals surface area contributed by atoms with E-state index in [0.29, 0.717) is 36.8 Å². The predicted molar refractivity (Wildman–Crippen MR) is 251 cm³/mol. The summed E-state index contributed by atoms with van der Waals surface area (Å²) < 4.78 is 70.5. The van der Waals surface area contributed by atoms with Crippen molar-refractivity contribution in [2.24, 2.45) is 29.1 Å². The minimum atomic E-state index is -1.85. The molecule has 7 aliphatic rings. The minimum Gasteiger partial charge on any atom is -0.462 e. The van der Waals surface area contributed by atoms with E-state index in [1.165, 1.54) is 0 Å². The van der Waals surface area contributed by atoms with Crippen LogP contribution in [-0.4, -0.2) is 140 Å². The largest absolute Gasteiger partial charge is 0.462 e. The highest BCUT2D eigenvalue weighted by molar-refractivity contribution is 5.78. The molecular formula is C53H80O15. The standard InChI is InChI=1S/C53H80O15/c1-14-28(2)45-31(5)20-21-52(68-45)26-37-23-36(67-52)19-18-30(4)44(29(3)16-15-17-35-27-60-48-43(54)32(6)22-38(49(55)63-37)53(35,48)57)64-41-24-39(58-12)46(33(7)61-41)65-42-25-40(59-13)47(34(8)62-42)66-50(56)51(9,10)11/h15-18,20-22,28-29,31,33-34,36-48,54,57H,14,19,23-27H2,1-13H3/b16-15+,30-18+,35-17+/t28-,29-,31-,33-,34-,36+,37-,38-,39+,40+,41-,42-,43+,44-,45+,46-,47-,48+,52+,53+/m0/s1. The van der Waals surface area contributed by atoms with Gasteiger partial charge in [0.25, 0.3) is 0 Å². The Morgan fingerprint density at radius 2 is 1.56 bits per heavy atom. The molecule has 0 aromatic heterocycles. The van der Waals surface area contributed by atoms with Crippen molar-refractivity contribution in [2.45, 2.75) is 212 Å². The average Bonchev–Trinajstić information content (AvgIpc) is 3.63. The van der Waals surface area contributed by atoms with Gasteiger partial charge in [-0.15, -0.1) is 0 Å². The predicted octanol–water partition coefficient (Wildman–Crippen LogP) is 6.97. The summed E-state index contributed by atoms with van der Waals surface area (Å²) in [5.74, 6) is -2.96. The summed E-state index contributed by atoms with van der Waals surface area (Å²) in [5.41, 5.74) is -0.582. The van der Waals surface area contributed by atoms with Crippen molar-refractivity contribution >= 4 is 11.9 Å². The van der Waals surface area contributed by atoms with Crippen LogP contribution < -0.4 is 0 Å². The van der Waals surface area contributed by atoms with Crippen LogP contribution in [0.15, 0.2) is 59.3 Å². The highest BCUT2D eigenvalue weighted by atomic mass is 16.7. The summed E-state index contributed by atoms with van der Waals surface area (Å²) in [6.07, 6.45) is 8.28. The number of hydrogen-bond donors (Lipinski definition) is 2. The molecule has 0 unspecified atom stereocenters. The number of aliphatic hydroxyl groups excluding tert-OH is 1. The number of esters is 2. The molecule has 2 N–H and O–H groups in total. The van der Waals surface area contributed by atoms with Gasteiger partial charge in [-0.25, -0.2) is 0 Å². The van der Waals surface area contributed by atoms with Gasteiger partial charge in [-0.1, -0.05) is 70.6 Å². The fourth-order valence-electron chi connectivity index (χ4n) is 11.0. The molecule has 2 bridgehead atoms. The van der Waals surface area contributed by atoms with Crippen LogP contribution in [0.4, 0.5) is 0 Å². The minimum absolute atomic E-state index is 0.0224. The molecule has 68 heavy (non-hydrogen) atoms. The first kappa shape index (κ1) is 53.0. The zero-order valence-electron chi connectivity index (χ0n) is 42.6. The zero-order valence-corrected chi connectivity index (χ0v) is 42.6. The summed E-state index contributed by atoms with van der Waals surface area (Å²) in [7, 11) is 3.24. The van der Waals surface area contributed by atoms with E-state index in [-0.39, 0.29) is 42.9 Å². The molecule has 0 radical (unpaired) electrons. The Morgan fingerprint density at radius 3 is 2.22 bits per heavy atom. The van der Waals surface area contributed by atoms with Gasteiger partial charge in [0.05, 0.1) is 48.6 Å². The number of carbonyl (C=O) groups is 2. The van der Waals surface area contributed by atoms with E-state index in [9.17, 15) is 19.8 Å². The van der Waals surface area contributed by atoms with Gasteiger partial charge in [0.15, 0.2) is 24.5 Å². The molecule has 15 nitrogen and oxygen atoms in total. The van der Waals surface area contributed by atoms with Crippen LogP contribution in [0.1, 0.15) is 115 Å². The molecular weight excluding hydrogens is 877 g/mol. The highest BCUT2D eigenvalue weighted by Gasteiger charge is 2.60. The fraction of sp³-hybridized carbons (Fsp3) is 0.774. The van der Waals surface area contributed by atoms with Crippen LogP contribution in [0.5, 0.6) is 0 Å². The van der Waals surface area contributed by atoms with Crippen molar-refractivity contribution in [1.29, 1.82) is 0 Å². The summed E-state index contributed by atoms with van der Waals surface area (Å²) in [5, 5.41) is 23.8. The van der Waals surface area contributed by atoms with Crippen molar-refractivity contribution in [3.63, 3.8) is 0 Å². The molecule has 15 heteroatoms. The van der Waals surface area contributed by atoms with E-state index in [2.05, 4.69) is 39.8 Å². The summed E-state index contributed by atoms with van der Waals surface area (Å²) >= 11 is 0. The molecule has 6 heterocycles. The van der Waals surface area contributed by atoms with Gasteiger partial charge < -0.3 is 62.3 Å². The molecule has 7 rings (SSSR count). The highest BCUT2D eigenvalue weighted by Crippen LogP contribution is 2.47. The first-order valence-corrected chi connectivity index (χ1v) is 25.0. The Kier molecular flexibility index (Phi) is 16.8. The molecule has 1 spiro atoms. The third kappa shape index (κ3) is 11.1. The van der Waals surface area contributed by atoms with Crippen LogP contribution in [0.25, 0.3) is 0 Å². The lowest BCUT2D eigenvalue weighted by Gasteiger charge is -2.48. The maximum absolute atomic E-state index is 14.4. The normalized spacial score (nSPS) is 46.0.